The Morgan fingerprint density at radius 2 is 1.66 bits per heavy atom. The van der Waals surface area contributed by atoms with Gasteiger partial charge in [-0.1, -0.05) is 18.2 Å². The van der Waals surface area contributed by atoms with Crippen LogP contribution >= 0.6 is 0 Å². The Morgan fingerprint density at radius 3 is 2.55 bits per heavy atom. The number of hydrogen-bond donors (Lipinski definition) is 1. The van der Waals surface area contributed by atoms with Gasteiger partial charge in [-0.2, -0.15) is 0 Å². The van der Waals surface area contributed by atoms with Crippen LogP contribution in [-0.4, -0.2) is 26.2 Å². The van der Waals surface area contributed by atoms with Gasteiger partial charge in [-0.25, -0.2) is 0 Å². The maximum Gasteiger partial charge on any atom is 0.192 e. The van der Waals surface area contributed by atoms with Gasteiger partial charge in [-0.3, -0.25) is 0 Å². The molecular weight excluding hydrogens is 368 g/mol. The first-order chi connectivity index (χ1) is 14.4. The summed E-state index contributed by atoms with van der Waals surface area (Å²) in [4.78, 5) is 2.38. The molecule has 1 fully saturated rings. The van der Waals surface area contributed by atoms with Crippen molar-refractivity contribution in [2.24, 2.45) is 5.92 Å². The summed E-state index contributed by atoms with van der Waals surface area (Å²) in [6.07, 6.45) is 7.11. The molecule has 0 aromatic heterocycles. The van der Waals surface area contributed by atoms with Crippen LogP contribution in [-0.2, 0) is 0 Å². The number of hydrogen-bond acceptors (Lipinski definition) is 6. The molecule has 1 N–H and O–H groups in total. The second-order valence-corrected chi connectivity index (χ2v) is 7.42. The highest BCUT2D eigenvalue weighted by Gasteiger charge is 2.24. The molecule has 29 heavy (non-hydrogen) atoms. The van der Waals surface area contributed by atoms with E-state index in [1.54, 1.807) is 18.8 Å². The fourth-order valence-corrected chi connectivity index (χ4v) is 3.94. The monoisotopic (exact) mass is 392 g/mol. The number of fused-ring (bicyclic) bond motifs is 2. The van der Waals surface area contributed by atoms with Crippen LogP contribution in [0.15, 0.2) is 67.0 Å². The van der Waals surface area contributed by atoms with E-state index in [1.165, 1.54) is 0 Å². The third kappa shape index (κ3) is 3.89. The van der Waals surface area contributed by atoms with Gasteiger partial charge in [0.05, 0.1) is 12.2 Å². The van der Waals surface area contributed by atoms with E-state index in [4.69, 9.17) is 18.9 Å². The molecule has 0 spiro atoms. The third-order valence-electron chi connectivity index (χ3n) is 5.49. The highest BCUT2D eigenvalue weighted by Crippen LogP contribution is 2.41. The summed E-state index contributed by atoms with van der Waals surface area (Å²) >= 11 is 0. The van der Waals surface area contributed by atoms with Gasteiger partial charge in [-0.05, 0) is 49.6 Å². The van der Waals surface area contributed by atoms with Crippen molar-refractivity contribution in [3.05, 3.63) is 67.0 Å². The zero-order chi connectivity index (χ0) is 19.5. The molecule has 6 nitrogen and oxygen atoms in total. The van der Waals surface area contributed by atoms with Gasteiger partial charge >= 0.3 is 0 Å². The average Bonchev–Trinajstić information content (AvgIpc) is 2.79. The van der Waals surface area contributed by atoms with Gasteiger partial charge in [-0.15, -0.1) is 0 Å². The van der Waals surface area contributed by atoms with Crippen molar-refractivity contribution >= 4 is 5.69 Å². The van der Waals surface area contributed by atoms with Crippen molar-refractivity contribution in [1.29, 1.82) is 0 Å². The van der Waals surface area contributed by atoms with Gasteiger partial charge < -0.3 is 29.2 Å². The van der Waals surface area contributed by atoms with Gasteiger partial charge in [0.2, 0.25) is 0 Å². The average molecular weight is 392 g/mol. The number of nitrogens with zero attached hydrogens (tertiary/aromatic N) is 1. The number of benzene rings is 2. The van der Waals surface area contributed by atoms with Crippen LogP contribution in [0.3, 0.4) is 0 Å². The minimum atomic E-state index is 0.639. The second-order valence-electron chi connectivity index (χ2n) is 7.42. The van der Waals surface area contributed by atoms with Crippen LogP contribution in [0.1, 0.15) is 12.8 Å². The van der Waals surface area contributed by atoms with E-state index in [9.17, 15) is 0 Å². The maximum absolute atomic E-state index is 5.88. The van der Waals surface area contributed by atoms with Crippen LogP contribution < -0.4 is 29.2 Å². The lowest BCUT2D eigenvalue weighted by atomic mass is 9.96. The zero-order valence-electron chi connectivity index (χ0n) is 16.2. The number of rotatable bonds is 5. The SMILES string of the molecule is C1=COc2c(cccc2N2CCC(CNCC3=COc4ccccc4O3)CC2)O1. The highest BCUT2D eigenvalue weighted by molar-refractivity contribution is 5.65. The first kappa shape index (κ1) is 17.9. The molecule has 1 saturated heterocycles. The van der Waals surface area contributed by atoms with Crippen molar-refractivity contribution < 1.29 is 18.9 Å². The van der Waals surface area contributed by atoms with Crippen molar-refractivity contribution in [3.63, 3.8) is 0 Å². The summed E-state index contributed by atoms with van der Waals surface area (Å²) < 4.78 is 22.7. The first-order valence-electron chi connectivity index (χ1n) is 10.1. The summed E-state index contributed by atoms with van der Waals surface area (Å²) in [5, 5.41) is 3.51. The predicted octanol–water partition coefficient (Wildman–Crippen LogP) is 4.05. The molecule has 5 rings (SSSR count). The summed E-state index contributed by atoms with van der Waals surface area (Å²) in [7, 11) is 0. The number of anilines is 1. The quantitative estimate of drug-likeness (QED) is 0.829. The van der Waals surface area contributed by atoms with Crippen LogP contribution in [0.2, 0.25) is 0 Å². The summed E-state index contributed by atoms with van der Waals surface area (Å²) in [5.74, 6) is 4.57. The van der Waals surface area contributed by atoms with E-state index in [-0.39, 0.29) is 0 Å². The molecule has 2 aromatic carbocycles. The summed E-state index contributed by atoms with van der Waals surface area (Å²) in [5.41, 5.74) is 1.11. The molecule has 0 saturated carbocycles. The van der Waals surface area contributed by atoms with Crippen molar-refractivity contribution in [2.75, 3.05) is 31.1 Å². The number of piperidine rings is 1. The highest BCUT2D eigenvalue weighted by atomic mass is 16.6. The zero-order valence-corrected chi connectivity index (χ0v) is 16.2. The lowest BCUT2D eigenvalue weighted by Gasteiger charge is -2.35. The smallest absolute Gasteiger partial charge is 0.192 e. The third-order valence-corrected chi connectivity index (χ3v) is 5.49. The van der Waals surface area contributed by atoms with E-state index in [0.717, 1.165) is 66.9 Å². The number of para-hydroxylation sites is 3. The number of nitrogens with one attached hydrogen (secondary N) is 1. The molecule has 0 atom stereocenters. The molecule has 0 aliphatic carbocycles. The van der Waals surface area contributed by atoms with Crippen molar-refractivity contribution in [2.45, 2.75) is 12.8 Å². The summed E-state index contributed by atoms with van der Waals surface area (Å²) in [6.45, 7) is 3.64. The topological polar surface area (TPSA) is 52.2 Å². The minimum Gasteiger partial charge on any atom is -0.458 e. The van der Waals surface area contributed by atoms with Gasteiger partial charge in [0, 0.05) is 13.1 Å². The van der Waals surface area contributed by atoms with Crippen LogP contribution in [0.25, 0.3) is 0 Å². The molecule has 0 bridgehead atoms. The molecule has 3 heterocycles. The molecular formula is C23H24N2O4. The fraction of sp³-hybridized carbons (Fsp3) is 0.304. The van der Waals surface area contributed by atoms with Crippen molar-refractivity contribution in [1.82, 2.24) is 5.32 Å². The predicted molar refractivity (Wildman–Crippen MR) is 110 cm³/mol. The Labute approximate surface area is 170 Å². The van der Waals surface area contributed by atoms with Gasteiger partial charge in [0.1, 0.15) is 18.8 Å². The molecule has 6 heteroatoms. The van der Waals surface area contributed by atoms with E-state index < -0.39 is 0 Å². The van der Waals surface area contributed by atoms with Crippen molar-refractivity contribution in [3.8, 4) is 23.0 Å². The Bertz CT molecular complexity index is 932. The Morgan fingerprint density at radius 1 is 0.862 bits per heavy atom. The van der Waals surface area contributed by atoms with Crippen LogP contribution in [0.5, 0.6) is 23.0 Å². The molecule has 3 aliphatic rings. The second kappa shape index (κ2) is 8.09. The van der Waals surface area contributed by atoms with E-state index in [2.05, 4.69) is 16.3 Å². The minimum absolute atomic E-state index is 0.639. The molecule has 0 unspecified atom stereocenters. The molecule has 3 aliphatic heterocycles. The van der Waals surface area contributed by atoms with Gasteiger partial charge in [0.25, 0.3) is 0 Å². The lowest BCUT2D eigenvalue weighted by molar-refractivity contribution is 0.307. The van der Waals surface area contributed by atoms with E-state index in [1.807, 2.05) is 36.4 Å². The lowest BCUT2D eigenvalue weighted by Crippen LogP contribution is -2.38. The Balaban J connectivity index is 1.10. The molecule has 150 valence electrons. The number of ether oxygens (including phenoxy) is 4. The molecule has 0 amide bonds. The van der Waals surface area contributed by atoms with Gasteiger partial charge in [0.15, 0.2) is 28.8 Å². The van der Waals surface area contributed by atoms with E-state index >= 15 is 0 Å². The normalized spacial score (nSPS) is 17.8. The Hall–Kier alpha value is -3.12. The maximum atomic E-state index is 5.88. The van der Waals surface area contributed by atoms with E-state index in [0.29, 0.717) is 12.5 Å². The molecule has 2 aromatic rings. The molecule has 0 radical (unpaired) electrons. The van der Waals surface area contributed by atoms with Crippen LogP contribution in [0.4, 0.5) is 5.69 Å². The van der Waals surface area contributed by atoms with Crippen LogP contribution in [0, 0.1) is 5.92 Å². The standard InChI is InChI=1S/C23H24N2O4/c1-2-6-21-20(5-1)28-16-18(29-21)15-24-14-17-8-10-25(11-9-17)19-4-3-7-22-23(19)27-13-12-26-22/h1-7,12-13,16-17,24H,8-11,14-15H2. The largest absolute Gasteiger partial charge is 0.458 e. The first-order valence-corrected chi connectivity index (χ1v) is 10.1. The Kier molecular flexibility index (Phi) is 5.01. The fourth-order valence-electron chi connectivity index (χ4n) is 3.94. The summed E-state index contributed by atoms with van der Waals surface area (Å²) in [6, 6.07) is 13.8.